The predicted molar refractivity (Wildman–Crippen MR) is 89.4 cm³/mol. The molecule has 0 bridgehead atoms. The van der Waals surface area contributed by atoms with Gasteiger partial charge in [-0.05, 0) is 29.3 Å². The van der Waals surface area contributed by atoms with E-state index < -0.39 is 0 Å². The summed E-state index contributed by atoms with van der Waals surface area (Å²) in [6.45, 7) is 1.67. The zero-order chi connectivity index (χ0) is 16.1. The maximum absolute atomic E-state index is 12.3. The standard InChI is InChI=1S/C19H17N3O/c20-13-16-5-1-3-14(9-16)11-18(23)12-15-4-2-6-17(10-15)19-21-7-8-22-19/h1-6,9-10H,7-8,11-12H2,(H,21,22). The van der Waals surface area contributed by atoms with Gasteiger partial charge in [-0.3, -0.25) is 9.79 Å². The number of hydrogen-bond donors (Lipinski definition) is 1. The highest BCUT2D eigenvalue weighted by atomic mass is 16.1. The fourth-order valence-electron chi connectivity index (χ4n) is 2.69. The molecular weight excluding hydrogens is 286 g/mol. The van der Waals surface area contributed by atoms with E-state index in [1.165, 1.54) is 0 Å². The molecule has 1 aliphatic heterocycles. The summed E-state index contributed by atoms with van der Waals surface area (Å²) in [5, 5.41) is 12.2. The van der Waals surface area contributed by atoms with Crippen LogP contribution in [-0.4, -0.2) is 24.7 Å². The van der Waals surface area contributed by atoms with Gasteiger partial charge in [0.1, 0.15) is 11.6 Å². The summed E-state index contributed by atoms with van der Waals surface area (Å²) in [7, 11) is 0. The van der Waals surface area contributed by atoms with E-state index in [1.54, 1.807) is 12.1 Å². The van der Waals surface area contributed by atoms with Gasteiger partial charge in [0.2, 0.25) is 0 Å². The summed E-state index contributed by atoms with van der Waals surface area (Å²) in [5.41, 5.74) is 3.48. The predicted octanol–water partition coefficient (Wildman–Crippen LogP) is 2.26. The Morgan fingerprint density at radius 2 is 1.87 bits per heavy atom. The van der Waals surface area contributed by atoms with Crippen molar-refractivity contribution in [2.45, 2.75) is 12.8 Å². The molecule has 0 aliphatic carbocycles. The normalized spacial score (nSPS) is 13.1. The van der Waals surface area contributed by atoms with E-state index in [0.717, 1.165) is 35.6 Å². The molecule has 0 amide bonds. The molecule has 0 saturated carbocycles. The molecule has 0 aromatic heterocycles. The number of amidine groups is 1. The van der Waals surface area contributed by atoms with Crippen LogP contribution in [0.2, 0.25) is 0 Å². The van der Waals surface area contributed by atoms with Gasteiger partial charge in [0, 0.05) is 24.9 Å². The van der Waals surface area contributed by atoms with Gasteiger partial charge in [-0.2, -0.15) is 5.26 Å². The van der Waals surface area contributed by atoms with Crippen LogP contribution in [-0.2, 0) is 17.6 Å². The molecule has 1 heterocycles. The van der Waals surface area contributed by atoms with Crippen LogP contribution in [0.4, 0.5) is 0 Å². The first kappa shape index (κ1) is 15.0. The molecule has 3 rings (SSSR count). The summed E-state index contributed by atoms with van der Waals surface area (Å²) < 4.78 is 0. The average molecular weight is 303 g/mol. The third kappa shape index (κ3) is 3.83. The SMILES string of the molecule is N#Cc1cccc(CC(=O)Cc2cccc(C3=NCCN3)c2)c1. The highest BCUT2D eigenvalue weighted by Gasteiger charge is 2.10. The van der Waals surface area contributed by atoms with Gasteiger partial charge in [-0.15, -0.1) is 0 Å². The molecule has 2 aromatic carbocycles. The molecule has 4 heteroatoms. The number of benzene rings is 2. The molecule has 0 radical (unpaired) electrons. The number of nitrogens with zero attached hydrogens (tertiary/aromatic N) is 2. The summed E-state index contributed by atoms with van der Waals surface area (Å²) in [5.74, 6) is 1.04. The van der Waals surface area contributed by atoms with Crippen molar-refractivity contribution in [2.24, 2.45) is 4.99 Å². The Morgan fingerprint density at radius 1 is 1.13 bits per heavy atom. The number of rotatable bonds is 5. The molecule has 4 nitrogen and oxygen atoms in total. The van der Waals surface area contributed by atoms with Gasteiger partial charge in [-0.1, -0.05) is 30.3 Å². The lowest BCUT2D eigenvalue weighted by Crippen LogP contribution is -2.19. The first-order valence-corrected chi connectivity index (χ1v) is 7.63. The van der Waals surface area contributed by atoms with Crippen molar-refractivity contribution in [3.8, 4) is 6.07 Å². The monoisotopic (exact) mass is 303 g/mol. The molecule has 0 saturated heterocycles. The zero-order valence-electron chi connectivity index (χ0n) is 12.7. The number of hydrogen-bond acceptors (Lipinski definition) is 4. The van der Waals surface area contributed by atoms with E-state index in [9.17, 15) is 4.79 Å². The quantitative estimate of drug-likeness (QED) is 0.921. The van der Waals surface area contributed by atoms with Crippen LogP contribution in [0, 0.1) is 11.3 Å². The number of nitrogens with one attached hydrogen (secondary N) is 1. The van der Waals surface area contributed by atoms with Crippen molar-refractivity contribution in [1.82, 2.24) is 5.32 Å². The van der Waals surface area contributed by atoms with E-state index in [2.05, 4.69) is 16.4 Å². The Morgan fingerprint density at radius 3 is 2.57 bits per heavy atom. The molecule has 2 aromatic rings. The Hall–Kier alpha value is -2.93. The summed E-state index contributed by atoms with van der Waals surface area (Å²) in [6, 6.07) is 17.2. The first-order valence-electron chi connectivity index (χ1n) is 7.63. The first-order chi connectivity index (χ1) is 11.2. The van der Waals surface area contributed by atoms with Crippen LogP contribution in [0.1, 0.15) is 22.3 Å². The minimum absolute atomic E-state index is 0.138. The van der Waals surface area contributed by atoms with Crippen LogP contribution in [0.25, 0.3) is 0 Å². The largest absolute Gasteiger partial charge is 0.368 e. The number of Topliss-reactive ketones (excluding diaryl/α,β-unsaturated/α-hetero) is 1. The lowest BCUT2D eigenvalue weighted by molar-refractivity contribution is -0.117. The Labute approximate surface area is 135 Å². The molecule has 0 unspecified atom stereocenters. The van der Waals surface area contributed by atoms with Crippen molar-refractivity contribution in [3.05, 3.63) is 70.8 Å². The molecule has 0 fully saturated rings. The summed E-state index contributed by atoms with van der Waals surface area (Å²) >= 11 is 0. The van der Waals surface area contributed by atoms with E-state index in [4.69, 9.17) is 5.26 Å². The number of carbonyl (C=O) groups is 1. The average Bonchev–Trinajstić information content (AvgIpc) is 3.09. The van der Waals surface area contributed by atoms with Gasteiger partial charge >= 0.3 is 0 Å². The van der Waals surface area contributed by atoms with E-state index in [-0.39, 0.29) is 5.78 Å². The van der Waals surface area contributed by atoms with Crippen LogP contribution in [0.3, 0.4) is 0 Å². The maximum Gasteiger partial charge on any atom is 0.141 e. The lowest BCUT2D eigenvalue weighted by Gasteiger charge is -2.06. The second-order valence-corrected chi connectivity index (χ2v) is 5.56. The van der Waals surface area contributed by atoms with Crippen molar-refractivity contribution in [3.63, 3.8) is 0 Å². The fraction of sp³-hybridized carbons (Fsp3) is 0.211. The van der Waals surface area contributed by atoms with Gasteiger partial charge < -0.3 is 5.32 Å². The van der Waals surface area contributed by atoms with Gasteiger partial charge in [0.25, 0.3) is 0 Å². The van der Waals surface area contributed by atoms with E-state index in [0.29, 0.717) is 18.4 Å². The third-order valence-electron chi connectivity index (χ3n) is 3.73. The highest BCUT2D eigenvalue weighted by Crippen LogP contribution is 2.11. The summed E-state index contributed by atoms with van der Waals surface area (Å²) in [4.78, 5) is 16.7. The van der Waals surface area contributed by atoms with Crippen LogP contribution in [0.5, 0.6) is 0 Å². The van der Waals surface area contributed by atoms with Crippen LogP contribution in [0.15, 0.2) is 53.5 Å². The Bertz CT molecular complexity index is 802. The number of carbonyl (C=O) groups excluding carboxylic acids is 1. The molecule has 0 atom stereocenters. The van der Waals surface area contributed by atoms with Crippen molar-refractivity contribution < 1.29 is 4.79 Å². The number of ketones is 1. The smallest absolute Gasteiger partial charge is 0.141 e. The second-order valence-electron chi connectivity index (χ2n) is 5.56. The third-order valence-corrected chi connectivity index (χ3v) is 3.73. The Balaban J connectivity index is 1.68. The van der Waals surface area contributed by atoms with Crippen molar-refractivity contribution in [1.29, 1.82) is 5.26 Å². The van der Waals surface area contributed by atoms with Gasteiger partial charge in [-0.25, -0.2) is 0 Å². The van der Waals surface area contributed by atoms with Crippen molar-refractivity contribution >= 4 is 11.6 Å². The molecule has 0 spiro atoms. The maximum atomic E-state index is 12.3. The van der Waals surface area contributed by atoms with Crippen molar-refractivity contribution in [2.75, 3.05) is 13.1 Å². The lowest BCUT2D eigenvalue weighted by atomic mass is 10.00. The van der Waals surface area contributed by atoms with Crippen LogP contribution < -0.4 is 5.32 Å². The Kier molecular flexibility index (Phi) is 4.49. The molecule has 1 aliphatic rings. The molecule has 23 heavy (non-hydrogen) atoms. The highest BCUT2D eigenvalue weighted by molar-refractivity contribution is 6.00. The number of aliphatic imine (C=N–C) groups is 1. The van der Waals surface area contributed by atoms with E-state index >= 15 is 0 Å². The van der Waals surface area contributed by atoms with Gasteiger partial charge in [0.15, 0.2) is 0 Å². The topological polar surface area (TPSA) is 65.2 Å². The van der Waals surface area contributed by atoms with Crippen LogP contribution >= 0.6 is 0 Å². The zero-order valence-corrected chi connectivity index (χ0v) is 12.7. The molecule has 114 valence electrons. The van der Waals surface area contributed by atoms with Gasteiger partial charge in [0.05, 0.1) is 18.2 Å². The molecule has 1 N–H and O–H groups in total. The minimum atomic E-state index is 0.138. The number of nitriles is 1. The minimum Gasteiger partial charge on any atom is -0.368 e. The summed E-state index contributed by atoms with van der Waals surface area (Å²) in [6.07, 6.45) is 0.733. The van der Waals surface area contributed by atoms with E-state index in [1.807, 2.05) is 36.4 Å². The molecular formula is C19H17N3O. The second kappa shape index (κ2) is 6.89. The fourth-order valence-corrected chi connectivity index (χ4v) is 2.69.